The molecule has 0 bridgehead atoms. The first-order chi connectivity index (χ1) is 8.61. The number of nitrogens with zero attached hydrogens (tertiary/aromatic N) is 3. The maximum atomic E-state index is 8.97. The molecule has 5 heteroatoms. The lowest BCUT2D eigenvalue weighted by molar-refractivity contribution is 0.457. The molecule has 0 aliphatic heterocycles. The van der Waals surface area contributed by atoms with Gasteiger partial charge in [-0.2, -0.15) is 5.26 Å². The molecule has 0 saturated heterocycles. The van der Waals surface area contributed by atoms with E-state index in [2.05, 4.69) is 9.97 Å². The molecule has 0 N–H and O–H groups in total. The fraction of sp³-hybridized carbons (Fsp3) is 0.154. The number of rotatable bonds is 2. The number of ether oxygens (including phenoxy) is 1. The molecule has 2 rings (SSSR count). The van der Waals surface area contributed by atoms with Crippen molar-refractivity contribution in [3.63, 3.8) is 0 Å². The number of aryl methyl sites for hydroxylation is 2. The van der Waals surface area contributed by atoms with Crippen LogP contribution in [-0.2, 0) is 0 Å². The quantitative estimate of drug-likeness (QED) is 0.829. The van der Waals surface area contributed by atoms with Crippen LogP contribution in [0.3, 0.4) is 0 Å². The minimum atomic E-state index is 0.186. The Hall–Kier alpha value is -2.12. The molecule has 0 amide bonds. The molecule has 0 saturated carbocycles. The van der Waals surface area contributed by atoms with Crippen LogP contribution in [-0.4, -0.2) is 9.97 Å². The number of nitriles is 1. The van der Waals surface area contributed by atoms with Gasteiger partial charge in [0.25, 0.3) is 5.88 Å². The summed E-state index contributed by atoms with van der Waals surface area (Å²) in [7, 11) is 0. The van der Waals surface area contributed by atoms with Crippen LogP contribution in [0.5, 0.6) is 11.6 Å². The third kappa shape index (κ3) is 2.41. The van der Waals surface area contributed by atoms with Gasteiger partial charge in [0.2, 0.25) is 0 Å². The molecular formula is C13H10ClN3O. The van der Waals surface area contributed by atoms with Gasteiger partial charge < -0.3 is 4.74 Å². The summed E-state index contributed by atoms with van der Waals surface area (Å²) < 4.78 is 5.54. The average molecular weight is 260 g/mol. The van der Waals surface area contributed by atoms with Gasteiger partial charge in [-0.1, -0.05) is 23.7 Å². The minimum absolute atomic E-state index is 0.186. The van der Waals surface area contributed by atoms with Crippen molar-refractivity contribution in [1.29, 1.82) is 5.26 Å². The SMILES string of the molecule is Cc1nc(Cl)c(Oc2ccccc2C#N)nc1C. The fourth-order valence-corrected chi connectivity index (χ4v) is 1.58. The van der Waals surface area contributed by atoms with E-state index in [9.17, 15) is 0 Å². The number of hydrogen-bond donors (Lipinski definition) is 0. The van der Waals surface area contributed by atoms with E-state index in [1.165, 1.54) is 0 Å². The maximum Gasteiger partial charge on any atom is 0.257 e. The van der Waals surface area contributed by atoms with E-state index in [4.69, 9.17) is 21.6 Å². The van der Waals surface area contributed by atoms with Crippen molar-refractivity contribution in [1.82, 2.24) is 9.97 Å². The molecule has 1 aromatic heterocycles. The first-order valence-corrected chi connectivity index (χ1v) is 5.67. The third-order valence-corrected chi connectivity index (χ3v) is 2.70. The zero-order chi connectivity index (χ0) is 13.1. The summed E-state index contributed by atoms with van der Waals surface area (Å²) in [5.41, 5.74) is 1.92. The Labute approximate surface area is 110 Å². The van der Waals surface area contributed by atoms with Crippen LogP contribution < -0.4 is 4.74 Å². The minimum Gasteiger partial charge on any atom is -0.435 e. The summed E-state index contributed by atoms with van der Waals surface area (Å²) in [6.07, 6.45) is 0. The molecule has 0 atom stereocenters. The number of hydrogen-bond acceptors (Lipinski definition) is 4. The Morgan fingerprint density at radius 1 is 1.17 bits per heavy atom. The van der Waals surface area contributed by atoms with Crippen LogP contribution in [0.2, 0.25) is 5.15 Å². The molecule has 0 unspecified atom stereocenters. The lowest BCUT2D eigenvalue weighted by Crippen LogP contribution is -1.98. The molecule has 1 aromatic carbocycles. The molecule has 0 fully saturated rings. The van der Waals surface area contributed by atoms with E-state index in [1.54, 1.807) is 24.3 Å². The van der Waals surface area contributed by atoms with Crippen LogP contribution in [0, 0.1) is 25.2 Å². The Balaban J connectivity index is 2.41. The fourth-order valence-electron chi connectivity index (χ4n) is 1.37. The smallest absolute Gasteiger partial charge is 0.257 e. The zero-order valence-corrected chi connectivity index (χ0v) is 10.7. The van der Waals surface area contributed by atoms with Crippen molar-refractivity contribution in [2.75, 3.05) is 0 Å². The second-order valence-corrected chi connectivity index (χ2v) is 4.06. The summed E-state index contributed by atoms with van der Waals surface area (Å²) in [6.45, 7) is 3.64. The van der Waals surface area contributed by atoms with Crippen LogP contribution in [0.25, 0.3) is 0 Å². The van der Waals surface area contributed by atoms with Gasteiger partial charge in [-0.05, 0) is 26.0 Å². The number of para-hydroxylation sites is 1. The Morgan fingerprint density at radius 2 is 1.83 bits per heavy atom. The van der Waals surface area contributed by atoms with E-state index in [-0.39, 0.29) is 11.0 Å². The molecule has 90 valence electrons. The molecular weight excluding hydrogens is 250 g/mol. The van der Waals surface area contributed by atoms with Gasteiger partial charge in [0.15, 0.2) is 5.15 Å². The highest BCUT2D eigenvalue weighted by atomic mass is 35.5. The first-order valence-electron chi connectivity index (χ1n) is 5.29. The molecule has 0 aliphatic carbocycles. The highest BCUT2D eigenvalue weighted by molar-refractivity contribution is 6.30. The molecule has 0 spiro atoms. The topological polar surface area (TPSA) is 58.8 Å². The van der Waals surface area contributed by atoms with E-state index in [0.29, 0.717) is 11.3 Å². The van der Waals surface area contributed by atoms with Crippen LogP contribution in [0.4, 0.5) is 0 Å². The third-order valence-electron chi connectivity index (χ3n) is 2.45. The highest BCUT2D eigenvalue weighted by Gasteiger charge is 2.11. The van der Waals surface area contributed by atoms with E-state index in [1.807, 2.05) is 19.9 Å². The predicted octanol–water partition coefficient (Wildman–Crippen LogP) is 3.41. The lowest BCUT2D eigenvalue weighted by atomic mass is 10.2. The molecule has 18 heavy (non-hydrogen) atoms. The van der Waals surface area contributed by atoms with Gasteiger partial charge in [0.05, 0.1) is 17.0 Å². The van der Waals surface area contributed by atoms with Crippen molar-refractivity contribution < 1.29 is 4.74 Å². The summed E-state index contributed by atoms with van der Waals surface area (Å²) in [6, 6.07) is 8.93. The lowest BCUT2D eigenvalue weighted by Gasteiger charge is -2.09. The number of benzene rings is 1. The van der Waals surface area contributed by atoms with Crippen molar-refractivity contribution in [2.24, 2.45) is 0 Å². The Morgan fingerprint density at radius 3 is 2.56 bits per heavy atom. The number of aromatic nitrogens is 2. The van der Waals surface area contributed by atoms with E-state index < -0.39 is 0 Å². The van der Waals surface area contributed by atoms with Crippen molar-refractivity contribution in [3.8, 4) is 17.7 Å². The largest absolute Gasteiger partial charge is 0.435 e. The Kier molecular flexibility index (Phi) is 3.45. The summed E-state index contributed by atoms with van der Waals surface area (Å²) in [4.78, 5) is 8.34. The highest BCUT2D eigenvalue weighted by Crippen LogP contribution is 2.28. The predicted molar refractivity (Wildman–Crippen MR) is 67.7 cm³/mol. The average Bonchev–Trinajstić information content (AvgIpc) is 2.36. The van der Waals surface area contributed by atoms with E-state index >= 15 is 0 Å². The standard InChI is InChI=1S/C13H10ClN3O/c1-8-9(2)17-13(12(14)16-8)18-11-6-4-3-5-10(11)7-15/h3-6H,1-2H3. The van der Waals surface area contributed by atoms with E-state index in [0.717, 1.165) is 11.4 Å². The summed E-state index contributed by atoms with van der Waals surface area (Å²) in [5.74, 6) is 0.627. The van der Waals surface area contributed by atoms with Crippen molar-refractivity contribution in [2.45, 2.75) is 13.8 Å². The second-order valence-electron chi connectivity index (χ2n) is 3.70. The molecule has 0 radical (unpaired) electrons. The number of halogens is 1. The van der Waals surface area contributed by atoms with Crippen LogP contribution in [0.1, 0.15) is 17.0 Å². The molecule has 0 aliphatic rings. The van der Waals surface area contributed by atoms with Crippen molar-refractivity contribution >= 4 is 11.6 Å². The van der Waals surface area contributed by atoms with Gasteiger partial charge in [-0.3, -0.25) is 0 Å². The van der Waals surface area contributed by atoms with Gasteiger partial charge in [-0.15, -0.1) is 0 Å². The second kappa shape index (κ2) is 5.03. The monoisotopic (exact) mass is 259 g/mol. The molecule has 1 heterocycles. The van der Waals surface area contributed by atoms with Crippen LogP contribution >= 0.6 is 11.6 Å². The van der Waals surface area contributed by atoms with Crippen molar-refractivity contribution in [3.05, 3.63) is 46.4 Å². The maximum absolute atomic E-state index is 8.97. The van der Waals surface area contributed by atoms with Gasteiger partial charge in [0, 0.05) is 0 Å². The summed E-state index contributed by atoms with van der Waals surface area (Å²) >= 11 is 5.97. The van der Waals surface area contributed by atoms with Crippen LogP contribution in [0.15, 0.2) is 24.3 Å². The molecule has 4 nitrogen and oxygen atoms in total. The normalized spacial score (nSPS) is 9.89. The zero-order valence-electron chi connectivity index (χ0n) is 9.94. The summed E-state index contributed by atoms with van der Waals surface area (Å²) in [5, 5.41) is 9.15. The van der Waals surface area contributed by atoms with Gasteiger partial charge in [0.1, 0.15) is 11.8 Å². The van der Waals surface area contributed by atoms with Gasteiger partial charge in [-0.25, -0.2) is 9.97 Å². The Bertz CT molecular complexity index is 635. The van der Waals surface area contributed by atoms with Gasteiger partial charge >= 0.3 is 0 Å². The first kappa shape index (κ1) is 12.3. The molecule has 2 aromatic rings.